The second-order valence-electron chi connectivity index (χ2n) is 9.82. The van der Waals surface area contributed by atoms with Gasteiger partial charge < -0.3 is 10.4 Å². The van der Waals surface area contributed by atoms with Gasteiger partial charge in [-0.25, -0.2) is 5.48 Å². The van der Waals surface area contributed by atoms with Crippen molar-refractivity contribution in [2.45, 2.75) is 104 Å². The first kappa shape index (κ1) is 25.9. The van der Waals surface area contributed by atoms with Crippen molar-refractivity contribution < 1.29 is 19.9 Å². The third-order valence-electron chi connectivity index (χ3n) is 6.50. The van der Waals surface area contributed by atoms with Gasteiger partial charge in [0.15, 0.2) is 0 Å². The van der Waals surface area contributed by atoms with Crippen LogP contribution in [0.5, 0.6) is 0 Å². The van der Waals surface area contributed by atoms with Crippen molar-refractivity contribution in [2.75, 3.05) is 6.61 Å². The molecule has 0 heterocycles. The highest BCUT2D eigenvalue weighted by Crippen LogP contribution is 2.38. The fourth-order valence-electron chi connectivity index (χ4n) is 4.55. The maximum Gasteiger partial charge on any atom is 0.247 e. The van der Waals surface area contributed by atoms with Crippen LogP contribution in [-0.2, 0) is 9.59 Å². The first-order valence-corrected chi connectivity index (χ1v) is 11.6. The fraction of sp³-hybridized carbons (Fsp3) is 0.913. The van der Waals surface area contributed by atoms with Gasteiger partial charge in [0.05, 0.1) is 18.6 Å². The predicted octanol–water partition coefficient (Wildman–Crippen LogP) is 4.19. The van der Waals surface area contributed by atoms with Crippen molar-refractivity contribution in [1.29, 1.82) is 0 Å². The zero-order valence-corrected chi connectivity index (χ0v) is 19.0. The standard InChI is InChI=1S/C23H44N2O4/c1-5-6-7-8-9-10-15-18(21(27)24-19(16-26)23(2,3)4)20(22(28)25-29)17-13-11-12-14-17/h17-20,26,29H,5-16H2,1-4H3,(H,24,27)(H,25,28)/t18-,19-,20+/m1/s1. The number of nitrogens with one attached hydrogen (secondary N) is 2. The maximum atomic E-state index is 13.3. The van der Waals surface area contributed by atoms with Gasteiger partial charge in [-0.2, -0.15) is 0 Å². The van der Waals surface area contributed by atoms with Gasteiger partial charge in [0.1, 0.15) is 0 Å². The van der Waals surface area contributed by atoms with E-state index in [1.807, 2.05) is 26.3 Å². The minimum absolute atomic E-state index is 0.125. The Kier molecular flexibility index (Phi) is 11.8. The van der Waals surface area contributed by atoms with Gasteiger partial charge in [0.2, 0.25) is 11.8 Å². The normalized spacial score (nSPS) is 18.3. The van der Waals surface area contributed by atoms with E-state index in [-0.39, 0.29) is 29.9 Å². The summed E-state index contributed by atoms with van der Waals surface area (Å²) in [4.78, 5) is 25.8. The number of carbonyl (C=O) groups excluding carboxylic acids is 2. The Balaban J connectivity index is 2.92. The predicted molar refractivity (Wildman–Crippen MR) is 115 cm³/mol. The van der Waals surface area contributed by atoms with Crippen molar-refractivity contribution in [3.05, 3.63) is 0 Å². The lowest BCUT2D eigenvalue weighted by Gasteiger charge is -2.34. The summed E-state index contributed by atoms with van der Waals surface area (Å²) < 4.78 is 0. The summed E-state index contributed by atoms with van der Waals surface area (Å²) in [5.41, 5.74) is 1.54. The summed E-state index contributed by atoms with van der Waals surface area (Å²) in [6.07, 6.45) is 11.3. The van der Waals surface area contributed by atoms with Crippen LogP contribution in [0.25, 0.3) is 0 Å². The number of aliphatic hydroxyl groups is 1. The molecule has 1 fully saturated rings. The number of carbonyl (C=O) groups is 2. The molecule has 4 N–H and O–H groups in total. The van der Waals surface area contributed by atoms with E-state index in [9.17, 15) is 19.9 Å². The zero-order chi connectivity index (χ0) is 21.9. The Bertz CT molecular complexity index is 484. The number of hydrogen-bond donors (Lipinski definition) is 4. The van der Waals surface area contributed by atoms with Crippen LogP contribution in [0.2, 0.25) is 0 Å². The molecule has 0 radical (unpaired) electrons. The molecule has 1 saturated carbocycles. The van der Waals surface area contributed by atoms with Gasteiger partial charge >= 0.3 is 0 Å². The summed E-state index contributed by atoms with van der Waals surface area (Å²) >= 11 is 0. The molecule has 1 aliphatic carbocycles. The third kappa shape index (κ3) is 8.63. The molecule has 0 aliphatic heterocycles. The molecule has 1 rings (SSSR count). The number of amides is 2. The second kappa shape index (κ2) is 13.2. The molecule has 0 bridgehead atoms. The lowest BCUT2D eigenvalue weighted by Crippen LogP contribution is -2.51. The number of unbranched alkanes of at least 4 members (excludes halogenated alkanes) is 5. The first-order valence-electron chi connectivity index (χ1n) is 11.6. The molecule has 29 heavy (non-hydrogen) atoms. The maximum absolute atomic E-state index is 13.3. The summed E-state index contributed by atoms with van der Waals surface area (Å²) in [6, 6.07) is -0.372. The van der Waals surface area contributed by atoms with E-state index in [2.05, 4.69) is 12.2 Å². The molecule has 3 atom stereocenters. The lowest BCUT2D eigenvalue weighted by molar-refractivity contribution is -0.143. The van der Waals surface area contributed by atoms with Crippen LogP contribution < -0.4 is 10.8 Å². The van der Waals surface area contributed by atoms with Crippen molar-refractivity contribution in [1.82, 2.24) is 10.8 Å². The molecule has 0 unspecified atom stereocenters. The fourth-order valence-corrected chi connectivity index (χ4v) is 4.55. The number of hydrogen-bond acceptors (Lipinski definition) is 4. The minimum atomic E-state index is -0.516. The van der Waals surface area contributed by atoms with Gasteiger partial charge in [-0.3, -0.25) is 14.8 Å². The minimum Gasteiger partial charge on any atom is -0.394 e. The number of hydroxylamine groups is 1. The smallest absolute Gasteiger partial charge is 0.247 e. The number of aliphatic hydroxyl groups excluding tert-OH is 1. The first-order chi connectivity index (χ1) is 13.8. The quantitative estimate of drug-likeness (QED) is 0.207. The average Bonchev–Trinajstić information content (AvgIpc) is 3.20. The van der Waals surface area contributed by atoms with E-state index in [1.54, 1.807) is 0 Å². The van der Waals surface area contributed by atoms with Crippen molar-refractivity contribution in [2.24, 2.45) is 23.2 Å². The Morgan fingerprint density at radius 1 is 1.00 bits per heavy atom. The Morgan fingerprint density at radius 2 is 1.59 bits per heavy atom. The van der Waals surface area contributed by atoms with Gasteiger partial charge in [-0.05, 0) is 30.6 Å². The molecule has 1 aliphatic rings. The molecule has 2 amide bonds. The highest BCUT2D eigenvalue weighted by molar-refractivity contribution is 5.87. The van der Waals surface area contributed by atoms with Crippen LogP contribution in [0.15, 0.2) is 0 Å². The highest BCUT2D eigenvalue weighted by atomic mass is 16.5. The van der Waals surface area contributed by atoms with Gasteiger partial charge in [-0.15, -0.1) is 0 Å². The van der Waals surface area contributed by atoms with Crippen LogP contribution in [0.1, 0.15) is 98.3 Å². The highest BCUT2D eigenvalue weighted by Gasteiger charge is 2.41. The zero-order valence-electron chi connectivity index (χ0n) is 19.0. The molecule has 6 nitrogen and oxygen atoms in total. The van der Waals surface area contributed by atoms with Gasteiger partial charge in [-0.1, -0.05) is 79.1 Å². The molecule has 0 saturated heterocycles. The third-order valence-corrected chi connectivity index (χ3v) is 6.50. The Labute approximate surface area is 177 Å². The summed E-state index contributed by atoms with van der Waals surface area (Å²) in [5.74, 6) is -1.49. The summed E-state index contributed by atoms with van der Waals surface area (Å²) in [5, 5.41) is 22.1. The summed E-state index contributed by atoms with van der Waals surface area (Å²) in [6.45, 7) is 7.98. The van der Waals surface area contributed by atoms with Crippen LogP contribution >= 0.6 is 0 Å². The van der Waals surface area contributed by atoms with E-state index >= 15 is 0 Å². The molecule has 0 spiro atoms. The van der Waals surface area contributed by atoms with Crippen molar-refractivity contribution >= 4 is 11.8 Å². The molecule has 170 valence electrons. The van der Waals surface area contributed by atoms with Crippen LogP contribution in [-0.4, -0.2) is 34.8 Å². The lowest BCUT2D eigenvalue weighted by atomic mass is 9.76. The largest absolute Gasteiger partial charge is 0.394 e. The van der Waals surface area contributed by atoms with Crippen molar-refractivity contribution in [3.8, 4) is 0 Å². The van der Waals surface area contributed by atoms with Gasteiger partial charge in [0.25, 0.3) is 0 Å². The van der Waals surface area contributed by atoms with E-state index in [0.717, 1.165) is 44.9 Å². The van der Waals surface area contributed by atoms with Crippen molar-refractivity contribution in [3.63, 3.8) is 0 Å². The van der Waals surface area contributed by atoms with E-state index in [1.165, 1.54) is 19.3 Å². The topological polar surface area (TPSA) is 98.7 Å². The molecule has 0 aromatic carbocycles. The monoisotopic (exact) mass is 412 g/mol. The molecular weight excluding hydrogens is 368 g/mol. The average molecular weight is 413 g/mol. The molecule has 0 aromatic heterocycles. The van der Waals surface area contributed by atoms with Crippen LogP contribution in [0, 0.1) is 23.2 Å². The van der Waals surface area contributed by atoms with E-state index < -0.39 is 17.7 Å². The molecular formula is C23H44N2O4. The Hall–Kier alpha value is -1.14. The van der Waals surface area contributed by atoms with E-state index in [4.69, 9.17) is 0 Å². The van der Waals surface area contributed by atoms with E-state index in [0.29, 0.717) is 6.42 Å². The molecule has 0 aromatic rings. The van der Waals surface area contributed by atoms with Crippen LogP contribution in [0.3, 0.4) is 0 Å². The number of rotatable bonds is 13. The SMILES string of the molecule is CCCCCCCC[C@@H](C(=O)N[C@H](CO)C(C)(C)C)[C@@H](C(=O)NO)C1CCCC1. The molecule has 6 heteroatoms. The second-order valence-corrected chi connectivity index (χ2v) is 9.82. The summed E-state index contributed by atoms with van der Waals surface area (Å²) in [7, 11) is 0. The van der Waals surface area contributed by atoms with Gasteiger partial charge in [0, 0.05) is 5.92 Å². The Morgan fingerprint density at radius 3 is 2.10 bits per heavy atom. The van der Waals surface area contributed by atoms with Crippen LogP contribution in [0.4, 0.5) is 0 Å².